The molecule has 0 aromatic carbocycles. The fourth-order valence-electron chi connectivity index (χ4n) is 1.88. The predicted octanol–water partition coefficient (Wildman–Crippen LogP) is 1.22. The van der Waals surface area contributed by atoms with Crippen molar-refractivity contribution in [3.8, 4) is 0 Å². The Morgan fingerprint density at radius 2 is 2.24 bits per heavy atom. The summed E-state index contributed by atoms with van der Waals surface area (Å²) in [6.07, 6.45) is 0. The van der Waals surface area contributed by atoms with Crippen LogP contribution in [-0.4, -0.2) is 49.0 Å². The second-order valence-corrected chi connectivity index (χ2v) is 8.07. The van der Waals surface area contributed by atoms with Crippen LogP contribution in [0.1, 0.15) is 10.9 Å². The average molecular weight is 394 g/mol. The molecule has 0 aliphatic carbocycles. The molecule has 0 aliphatic heterocycles. The molecule has 0 saturated heterocycles. The number of rotatable bonds is 6. The van der Waals surface area contributed by atoms with Gasteiger partial charge in [-0.1, -0.05) is 11.3 Å². The highest BCUT2D eigenvalue weighted by Gasteiger charge is 2.26. The summed E-state index contributed by atoms with van der Waals surface area (Å²) in [5.74, 6) is 0. The number of halogens is 1. The number of hydrogen-bond acceptors (Lipinski definition) is 6. The lowest BCUT2D eigenvalue weighted by Crippen LogP contribution is -2.35. The molecule has 0 aliphatic rings. The standard InChI is InChI=1S/C11H16BrN5O2S2/c1-16(2)8(9-5-4-6-20-9)7-13-21(18,19)11-10(12)14-15-17(11)3/h4-6,8,13H,7H2,1-3H3. The smallest absolute Gasteiger partial charge is 0.260 e. The van der Waals surface area contributed by atoms with Crippen LogP contribution in [0.2, 0.25) is 0 Å². The van der Waals surface area contributed by atoms with E-state index in [2.05, 4.69) is 31.0 Å². The van der Waals surface area contributed by atoms with Crippen LogP contribution in [-0.2, 0) is 17.1 Å². The SMILES string of the molecule is CN(C)C(CNS(=O)(=O)c1c(Br)nnn1C)c1cccs1. The summed E-state index contributed by atoms with van der Waals surface area (Å²) < 4.78 is 28.8. The zero-order valence-corrected chi connectivity index (χ0v) is 15.0. The minimum Gasteiger partial charge on any atom is -0.300 e. The Morgan fingerprint density at radius 3 is 2.71 bits per heavy atom. The highest BCUT2D eigenvalue weighted by molar-refractivity contribution is 9.10. The van der Waals surface area contributed by atoms with Gasteiger partial charge in [-0.25, -0.2) is 17.8 Å². The molecule has 0 radical (unpaired) electrons. The van der Waals surface area contributed by atoms with Gasteiger partial charge >= 0.3 is 0 Å². The average Bonchev–Trinajstić information content (AvgIpc) is 2.99. The van der Waals surface area contributed by atoms with E-state index in [4.69, 9.17) is 0 Å². The second-order valence-electron chi connectivity index (χ2n) is 4.66. The van der Waals surface area contributed by atoms with E-state index in [1.807, 2.05) is 36.5 Å². The molecule has 116 valence electrons. The van der Waals surface area contributed by atoms with Crippen molar-refractivity contribution >= 4 is 37.3 Å². The van der Waals surface area contributed by atoms with Crippen LogP contribution in [0.4, 0.5) is 0 Å². The van der Waals surface area contributed by atoms with Gasteiger partial charge in [0.1, 0.15) is 0 Å². The number of sulfonamides is 1. The summed E-state index contributed by atoms with van der Waals surface area (Å²) in [7, 11) is 1.69. The van der Waals surface area contributed by atoms with E-state index in [1.54, 1.807) is 11.3 Å². The van der Waals surface area contributed by atoms with Crippen molar-refractivity contribution in [3.05, 3.63) is 27.0 Å². The molecule has 2 heterocycles. The van der Waals surface area contributed by atoms with E-state index in [0.717, 1.165) is 4.88 Å². The summed E-state index contributed by atoms with van der Waals surface area (Å²) in [4.78, 5) is 3.08. The molecule has 0 fully saturated rings. The van der Waals surface area contributed by atoms with Gasteiger partial charge in [-0.2, -0.15) is 0 Å². The number of nitrogens with zero attached hydrogens (tertiary/aromatic N) is 4. The molecule has 7 nitrogen and oxygen atoms in total. The Morgan fingerprint density at radius 1 is 1.52 bits per heavy atom. The molecule has 21 heavy (non-hydrogen) atoms. The van der Waals surface area contributed by atoms with Crippen LogP contribution in [0.15, 0.2) is 27.1 Å². The third-order valence-corrected chi connectivity index (χ3v) is 6.24. The van der Waals surface area contributed by atoms with Gasteiger partial charge in [0.15, 0.2) is 4.60 Å². The molecule has 1 unspecified atom stereocenters. The Balaban J connectivity index is 2.18. The van der Waals surface area contributed by atoms with Crippen LogP contribution in [0.25, 0.3) is 0 Å². The monoisotopic (exact) mass is 393 g/mol. The summed E-state index contributed by atoms with van der Waals surface area (Å²) in [6, 6.07) is 3.91. The zero-order chi connectivity index (χ0) is 15.6. The van der Waals surface area contributed by atoms with Gasteiger partial charge in [-0.3, -0.25) is 0 Å². The molecule has 0 bridgehead atoms. The van der Waals surface area contributed by atoms with Crippen LogP contribution in [0.5, 0.6) is 0 Å². The quantitative estimate of drug-likeness (QED) is 0.797. The summed E-state index contributed by atoms with van der Waals surface area (Å²) in [5, 5.41) is 9.38. The first kappa shape index (κ1) is 16.6. The molecule has 2 rings (SSSR count). The van der Waals surface area contributed by atoms with Crippen LogP contribution < -0.4 is 4.72 Å². The van der Waals surface area contributed by atoms with E-state index in [-0.39, 0.29) is 22.2 Å². The van der Waals surface area contributed by atoms with Gasteiger partial charge in [0.2, 0.25) is 5.03 Å². The lowest BCUT2D eigenvalue weighted by atomic mass is 10.2. The van der Waals surface area contributed by atoms with E-state index in [1.165, 1.54) is 11.7 Å². The van der Waals surface area contributed by atoms with Crippen molar-refractivity contribution < 1.29 is 8.42 Å². The second kappa shape index (κ2) is 6.53. The Labute approximate surface area is 136 Å². The number of thiophene rings is 1. The molecular weight excluding hydrogens is 378 g/mol. The highest BCUT2D eigenvalue weighted by atomic mass is 79.9. The van der Waals surface area contributed by atoms with Gasteiger partial charge in [-0.05, 0) is 41.5 Å². The normalized spacial score (nSPS) is 13.8. The number of aryl methyl sites for hydroxylation is 1. The van der Waals surface area contributed by atoms with Crippen molar-refractivity contribution in [3.63, 3.8) is 0 Å². The van der Waals surface area contributed by atoms with E-state index in [9.17, 15) is 8.42 Å². The summed E-state index contributed by atoms with van der Waals surface area (Å²) in [5.41, 5.74) is 0. The molecule has 0 amide bonds. The highest BCUT2D eigenvalue weighted by Crippen LogP contribution is 2.23. The maximum Gasteiger partial charge on any atom is 0.260 e. The van der Waals surface area contributed by atoms with Gasteiger partial charge < -0.3 is 4.90 Å². The summed E-state index contributed by atoms with van der Waals surface area (Å²) in [6.45, 7) is 0.271. The molecule has 2 aromatic rings. The van der Waals surface area contributed by atoms with Gasteiger partial charge in [0.05, 0.1) is 6.04 Å². The van der Waals surface area contributed by atoms with Gasteiger partial charge in [0, 0.05) is 18.5 Å². The van der Waals surface area contributed by atoms with Crippen molar-refractivity contribution in [2.24, 2.45) is 7.05 Å². The van der Waals surface area contributed by atoms with Crippen molar-refractivity contribution in [2.75, 3.05) is 20.6 Å². The van der Waals surface area contributed by atoms with Crippen LogP contribution >= 0.6 is 27.3 Å². The Hall–Kier alpha value is -0.810. The van der Waals surface area contributed by atoms with Gasteiger partial charge in [-0.15, -0.1) is 16.4 Å². The zero-order valence-electron chi connectivity index (χ0n) is 11.8. The Bertz CT molecular complexity index is 677. The van der Waals surface area contributed by atoms with E-state index < -0.39 is 10.0 Å². The molecule has 0 spiro atoms. The first-order valence-corrected chi connectivity index (χ1v) is 9.23. The number of likely N-dealkylation sites (N-methyl/N-ethyl adjacent to an activating group) is 1. The minimum atomic E-state index is -3.68. The Kier molecular flexibility index (Phi) is 5.15. The number of aromatic nitrogens is 3. The predicted molar refractivity (Wildman–Crippen MR) is 84.6 cm³/mol. The third kappa shape index (κ3) is 3.69. The van der Waals surface area contributed by atoms with Crippen molar-refractivity contribution in [1.82, 2.24) is 24.6 Å². The number of hydrogen-bond donors (Lipinski definition) is 1. The summed E-state index contributed by atoms with van der Waals surface area (Å²) >= 11 is 4.70. The third-order valence-electron chi connectivity index (χ3n) is 2.95. The maximum atomic E-state index is 12.4. The molecule has 0 saturated carbocycles. The number of nitrogens with one attached hydrogen (secondary N) is 1. The van der Waals surface area contributed by atoms with Crippen molar-refractivity contribution in [2.45, 2.75) is 11.1 Å². The van der Waals surface area contributed by atoms with Crippen LogP contribution in [0.3, 0.4) is 0 Å². The first-order valence-electron chi connectivity index (χ1n) is 6.07. The van der Waals surface area contributed by atoms with Crippen LogP contribution in [0, 0.1) is 0 Å². The lowest BCUT2D eigenvalue weighted by molar-refractivity contribution is 0.303. The molecular formula is C11H16BrN5O2S2. The fraction of sp³-hybridized carbons (Fsp3) is 0.455. The molecule has 1 atom stereocenters. The molecule has 2 aromatic heterocycles. The van der Waals surface area contributed by atoms with Crippen molar-refractivity contribution in [1.29, 1.82) is 0 Å². The lowest BCUT2D eigenvalue weighted by Gasteiger charge is -2.23. The van der Waals surface area contributed by atoms with E-state index >= 15 is 0 Å². The topological polar surface area (TPSA) is 80.1 Å². The fourth-order valence-corrected chi connectivity index (χ4v) is 4.93. The molecule has 1 N–H and O–H groups in total. The van der Waals surface area contributed by atoms with E-state index in [0.29, 0.717) is 0 Å². The molecule has 10 heteroatoms. The largest absolute Gasteiger partial charge is 0.300 e. The minimum absolute atomic E-state index is 0.0196. The van der Waals surface area contributed by atoms with Gasteiger partial charge in [0.25, 0.3) is 10.0 Å². The first-order chi connectivity index (χ1) is 9.83. The maximum absolute atomic E-state index is 12.4.